The fraction of sp³-hybridized carbons (Fsp3) is 0.429. The molecule has 0 bridgehead atoms. The summed E-state index contributed by atoms with van der Waals surface area (Å²) in [5.74, 6) is 1.84. The minimum absolute atomic E-state index is 0.216. The number of primary amides is 1. The number of fused-ring (bicyclic) bond motifs is 3. The van der Waals surface area contributed by atoms with Crippen LogP contribution in [0.3, 0.4) is 0 Å². The van der Waals surface area contributed by atoms with E-state index in [0.29, 0.717) is 12.3 Å². The van der Waals surface area contributed by atoms with Gasteiger partial charge in [-0.3, -0.25) is 9.78 Å². The largest absolute Gasteiger partial charge is 0.370 e. The first-order valence-electron chi connectivity index (χ1n) is 9.95. The van der Waals surface area contributed by atoms with Crippen LogP contribution in [0.4, 0.5) is 5.82 Å². The number of carbonyl (C=O) groups excluding carboxylic acids is 1. The first-order valence-corrected chi connectivity index (χ1v) is 10.8. The van der Waals surface area contributed by atoms with Gasteiger partial charge in [-0.1, -0.05) is 0 Å². The van der Waals surface area contributed by atoms with Crippen molar-refractivity contribution in [2.45, 2.75) is 38.5 Å². The Bertz CT molecular complexity index is 1030. The number of thiophene rings is 1. The van der Waals surface area contributed by atoms with E-state index in [1.165, 1.54) is 22.2 Å². The van der Waals surface area contributed by atoms with Gasteiger partial charge in [-0.25, -0.2) is 9.97 Å². The van der Waals surface area contributed by atoms with Crippen LogP contribution in [-0.4, -0.2) is 33.9 Å². The maximum absolute atomic E-state index is 11.4. The lowest BCUT2D eigenvalue weighted by Gasteiger charge is -2.33. The molecule has 1 unspecified atom stereocenters. The Morgan fingerprint density at radius 2 is 2.21 bits per heavy atom. The van der Waals surface area contributed by atoms with Gasteiger partial charge in [0.25, 0.3) is 0 Å². The highest BCUT2D eigenvalue weighted by molar-refractivity contribution is 7.19. The van der Waals surface area contributed by atoms with Crippen molar-refractivity contribution >= 4 is 33.3 Å². The Balaban J connectivity index is 1.62. The standard InChI is InChI=1S/C21H23N5OS/c22-17(27)10-13-4-3-9-26(12-13)20-18-15-6-1-7-16(15)28-21(18)25-19(24-20)14-5-2-8-23-11-14/h2,5,8,11,13H,1,3-4,6-7,9-10,12H2,(H2,22,27). The highest BCUT2D eigenvalue weighted by Gasteiger charge is 2.28. The molecule has 5 rings (SSSR count). The average Bonchev–Trinajstić information content (AvgIpc) is 3.28. The van der Waals surface area contributed by atoms with E-state index in [9.17, 15) is 4.79 Å². The molecule has 0 saturated carbocycles. The lowest BCUT2D eigenvalue weighted by atomic mass is 9.94. The zero-order chi connectivity index (χ0) is 19.1. The van der Waals surface area contributed by atoms with Crippen molar-refractivity contribution in [2.75, 3.05) is 18.0 Å². The van der Waals surface area contributed by atoms with Crippen LogP contribution in [0.5, 0.6) is 0 Å². The van der Waals surface area contributed by atoms with Gasteiger partial charge in [-0.2, -0.15) is 0 Å². The number of piperidine rings is 1. The molecule has 1 saturated heterocycles. The minimum Gasteiger partial charge on any atom is -0.370 e. The molecule has 1 aliphatic heterocycles. The predicted molar refractivity (Wildman–Crippen MR) is 111 cm³/mol. The number of pyridine rings is 1. The van der Waals surface area contributed by atoms with E-state index in [1.807, 2.05) is 29.7 Å². The topological polar surface area (TPSA) is 85.0 Å². The van der Waals surface area contributed by atoms with Gasteiger partial charge in [0.1, 0.15) is 10.6 Å². The summed E-state index contributed by atoms with van der Waals surface area (Å²) in [4.78, 5) is 30.5. The summed E-state index contributed by atoms with van der Waals surface area (Å²) < 4.78 is 0. The molecule has 2 aliphatic rings. The lowest BCUT2D eigenvalue weighted by Crippen LogP contribution is -2.37. The molecule has 0 radical (unpaired) electrons. The number of nitrogens with zero attached hydrogens (tertiary/aromatic N) is 4. The van der Waals surface area contributed by atoms with Gasteiger partial charge in [-0.05, 0) is 55.7 Å². The van der Waals surface area contributed by atoms with E-state index in [-0.39, 0.29) is 5.91 Å². The molecule has 1 amide bonds. The zero-order valence-electron chi connectivity index (χ0n) is 15.7. The summed E-state index contributed by atoms with van der Waals surface area (Å²) >= 11 is 1.81. The van der Waals surface area contributed by atoms with Crippen molar-refractivity contribution in [1.29, 1.82) is 0 Å². The fourth-order valence-corrected chi connectivity index (χ4v) is 5.79. The van der Waals surface area contributed by atoms with Crippen molar-refractivity contribution in [3.05, 3.63) is 35.0 Å². The Morgan fingerprint density at radius 1 is 1.29 bits per heavy atom. The second-order valence-corrected chi connectivity index (χ2v) is 8.86. The number of carbonyl (C=O) groups is 1. The third-order valence-electron chi connectivity index (χ3n) is 5.77. The van der Waals surface area contributed by atoms with Crippen LogP contribution in [0.2, 0.25) is 0 Å². The Hall–Kier alpha value is -2.54. The van der Waals surface area contributed by atoms with Gasteiger partial charge in [0, 0.05) is 42.3 Å². The van der Waals surface area contributed by atoms with E-state index in [4.69, 9.17) is 15.7 Å². The molecular weight excluding hydrogens is 370 g/mol. The fourth-order valence-electron chi connectivity index (χ4n) is 4.54. The highest BCUT2D eigenvalue weighted by atomic mass is 32.1. The molecule has 7 heteroatoms. The summed E-state index contributed by atoms with van der Waals surface area (Å²) in [6.45, 7) is 1.78. The van der Waals surface area contributed by atoms with E-state index >= 15 is 0 Å². The summed E-state index contributed by atoms with van der Waals surface area (Å²) in [6, 6.07) is 3.92. The number of aryl methyl sites for hydroxylation is 2. The van der Waals surface area contributed by atoms with E-state index < -0.39 is 0 Å². The second-order valence-electron chi connectivity index (χ2n) is 7.77. The summed E-state index contributed by atoms with van der Waals surface area (Å²) in [7, 11) is 0. The predicted octanol–water partition coefficient (Wildman–Crippen LogP) is 3.33. The van der Waals surface area contributed by atoms with Crippen LogP contribution >= 0.6 is 11.3 Å². The Morgan fingerprint density at radius 3 is 3.04 bits per heavy atom. The number of amides is 1. The maximum Gasteiger partial charge on any atom is 0.217 e. The van der Waals surface area contributed by atoms with E-state index in [1.54, 1.807) is 6.20 Å². The minimum atomic E-state index is -0.216. The Kier molecular flexibility index (Phi) is 4.47. The molecular formula is C21H23N5OS. The van der Waals surface area contributed by atoms with Crippen LogP contribution in [0.1, 0.15) is 36.1 Å². The third-order valence-corrected chi connectivity index (χ3v) is 6.96. The summed E-state index contributed by atoms with van der Waals surface area (Å²) in [5.41, 5.74) is 7.84. The summed E-state index contributed by atoms with van der Waals surface area (Å²) in [5, 5.41) is 1.23. The zero-order valence-corrected chi connectivity index (χ0v) is 16.5. The molecule has 144 valence electrons. The van der Waals surface area contributed by atoms with Gasteiger partial charge < -0.3 is 10.6 Å². The van der Waals surface area contributed by atoms with Crippen molar-refractivity contribution in [1.82, 2.24) is 15.0 Å². The van der Waals surface area contributed by atoms with E-state index in [0.717, 1.165) is 60.8 Å². The van der Waals surface area contributed by atoms with Gasteiger partial charge in [0.2, 0.25) is 5.91 Å². The summed E-state index contributed by atoms with van der Waals surface area (Å²) in [6.07, 6.45) is 9.59. The normalized spacial score (nSPS) is 19.1. The second kappa shape index (κ2) is 7.13. The van der Waals surface area contributed by atoms with Crippen LogP contribution in [0, 0.1) is 5.92 Å². The monoisotopic (exact) mass is 393 g/mol. The molecule has 1 fully saturated rings. The molecule has 0 aromatic carbocycles. The number of rotatable bonds is 4. The van der Waals surface area contributed by atoms with Gasteiger partial charge in [0.15, 0.2) is 5.82 Å². The quantitative estimate of drug-likeness (QED) is 0.735. The number of hydrogen-bond donors (Lipinski definition) is 1. The number of anilines is 1. The third kappa shape index (κ3) is 3.13. The number of aromatic nitrogens is 3. The molecule has 4 heterocycles. The molecule has 1 atom stereocenters. The van der Waals surface area contributed by atoms with Gasteiger partial charge in [-0.15, -0.1) is 11.3 Å². The smallest absolute Gasteiger partial charge is 0.217 e. The van der Waals surface area contributed by atoms with Crippen molar-refractivity contribution < 1.29 is 4.79 Å². The van der Waals surface area contributed by atoms with E-state index in [2.05, 4.69) is 9.88 Å². The van der Waals surface area contributed by atoms with Crippen molar-refractivity contribution in [2.24, 2.45) is 11.7 Å². The first kappa shape index (κ1) is 17.6. The molecule has 6 nitrogen and oxygen atoms in total. The molecule has 3 aromatic rings. The van der Waals surface area contributed by atoms with Crippen LogP contribution in [0.25, 0.3) is 21.6 Å². The van der Waals surface area contributed by atoms with Crippen LogP contribution in [0.15, 0.2) is 24.5 Å². The molecule has 2 N–H and O–H groups in total. The van der Waals surface area contributed by atoms with Crippen molar-refractivity contribution in [3.8, 4) is 11.4 Å². The van der Waals surface area contributed by atoms with Crippen molar-refractivity contribution in [3.63, 3.8) is 0 Å². The number of hydrogen-bond acceptors (Lipinski definition) is 6. The van der Waals surface area contributed by atoms with Gasteiger partial charge >= 0.3 is 0 Å². The lowest BCUT2D eigenvalue weighted by molar-refractivity contribution is -0.118. The molecule has 28 heavy (non-hydrogen) atoms. The van der Waals surface area contributed by atoms with Gasteiger partial charge in [0.05, 0.1) is 5.39 Å². The van der Waals surface area contributed by atoms with Crippen LogP contribution < -0.4 is 10.6 Å². The number of nitrogens with two attached hydrogens (primary N) is 1. The maximum atomic E-state index is 11.4. The molecule has 3 aromatic heterocycles. The highest BCUT2D eigenvalue weighted by Crippen LogP contribution is 2.42. The first-order chi connectivity index (χ1) is 13.7. The average molecular weight is 394 g/mol. The SMILES string of the molecule is NC(=O)CC1CCCN(c2nc(-c3cccnc3)nc3sc4c(c23)CCC4)C1. The van der Waals surface area contributed by atoms with Crippen LogP contribution in [-0.2, 0) is 17.6 Å². The molecule has 1 aliphatic carbocycles. The Labute approximate surface area is 167 Å². The molecule has 0 spiro atoms.